The smallest absolute Gasteiger partial charge is 0.273 e. The highest BCUT2D eigenvalue weighted by atomic mass is 32.2. The highest BCUT2D eigenvalue weighted by molar-refractivity contribution is 7.89. The topological polar surface area (TPSA) is 141 Å². The molecular weight excluding hydrogens is 374 g/mol. The summed E-state index contributed by atoms with van der Waals surface area (Å²) in [6.07, 6.45) is -0.242. The number of para-hydroxylation sites is 1. The summed E-state index contributed by atoms with van der Waals surface area (Å²) in [6, 6.07) is 10.7. The summed E-state index contributed by atoms with van der Waals surface area (Å²) >= 11 is 0. The Kier molecular flexibility index (Phi) is 4.32. The third-order valence-corrected chi connectivity index (χ3v) is 5.48. The van der Waals surface area contributed by atoms with Crippen LogP contribution in [0.5, 0.6) is 0 Å². The predicted molar refractivity (Wildman–Crippen MR) is 95.4 cm³/mol. The van der Waals surface area contributed by atoms with Gasteiger partial charge in [0.05, 0.1) is 20.9 Å². The van der Waals surface area contributed by atoms with Crippen LogP contribution >= 0.6 is 0 Å². The van der Waals surface area contributed by atoms with Crippen molar-refractivity contribution in [1.82, 2.24) is 0 Å². The molecule has 0 bridgehead atoms. The molecule has 1 aliphatic heterocycles. The van der Waals surface area contributed by atoms with Crippen molar-refractivity contribution in [2.24, 2.45) is 5.14 Å². The molecule has 1 fully saturated rings. The number of amides is 2. The van der Waals surface area contributed by atoms with Crippen LogP contribution in [-0.4, -0.2) is 25.2 Å². The number of benzene rings is 2. The van der Waals surface area contributed by atoms with Crippen molar-refractivity contribution in [3.8, 4) is 0 Å². The number of nitro benzene ring substituents is 1. The first-order valence-electron chi connectivity index (χ1n) is 7.80. The van der Waals surface area contributed by atoms with Gasteiger partial charge in [0.15, 0.2) is 0 Å². The van der Waals surface area contributed by atoms with Gasteiger partial charge in [-0.25, -0.2) is 18.5 Å². The fraction of sp³-hybridized carbons (Fsp3) is 0.176. The van der Waals surface area contributed by atoms with E-state index in [2.05, 4.69) is 0 Å². The molecule has 0 saturated carbocycles. The number of nitrogens with two attached hydrogens (primary N) is 1. The summed E-state index contributed by atoms with van der Waals surface area (Å²) in [5, 5.41) is 16.4. The van der Waals surface area contributed by atoms with Crippen LogP contribution in [0.3, 0.4) is 0 Å². The molecule has 2 N–H and O–H groups in total. The van der Waals surface area contributed by atoms with E-state index in [1.807, 2.05) is 0 Å². The van der Waals surface area contributed by atoms with Gasteiger partial charge in [0.1, 0.15) is 0 Å². The molecule has 3 rings (SSSR count). The van der Waals surface area contributed by atoms with Crippen LogP contribution in [0.25, 0.3) is 0 Å². The number of carbonyl (C=O) groups excluding carboxylic acids is 2. The van der Waals surface area contributed by atoms with E-state index in [1.54, 1.807) is 6.07 Å². The van der Waals surface area contributed by atoms with E-state index >= 15 is 0 Å². The van der Waals surface area contributed by atoms with Gasteiger partial charge in [0.25, 0.3) is 5.69 Å². The summed E-state index contributed by atoms with van der Waals surface area (Å²) in [7, 11) is -3.91. The van der Waals surface area contributed by atoms with Crippen molar-refractivity contribution in [2.75, 3.05) is 4.90 Å². The molecule has 1 saturated heterocycles. The molecule has 0 aromatic heterocycles. The Bertz CT molecular complexity index is 1060. The Morgan fingerprint density at radius 1 is 1.11 bits per heavy atom. The number of carbonyl (C=O) groups is 2. The summed E-state index contributed by atoms with van der Waals surface area (Å²) in [5.41, 5.74) is -1.33. The molecule has 2 aromatic carbocycles. The number of rotatable bonds is 4. The maximum absolute atomic E-state index is 13.0. The van der Waals surface area contributed by atoms with Gasteiger partial charge in [-0.05, 0) is 31.2 Å². The van der Waals surface area contributed by atoms with E-state index in [9.17, 15) is 28.1 Å². The number of primary sulfonamides is 1. The van der Waals surface area contributed by atoms with Gasteiger partial charge in [-0.15, -0.1) is 0 Å². The Morgan fingerprint density at radius 2 is 1.70 bits per heavy atom. The minimum Gasteiger partial charge on any atom is -0.274 e. The van der Waals surface area contributed by atoms with E-state index in [0.29, 0.717) is 0 Å². The van der Waals surface area contributed by atoms with Crippen molar-refractivity contribution in [3.63, 3.8) is 0 Å². The second kappa shape index (κ2) is 6.25. The molecule has 2 amide bonds. The molecule has 0 radical (unpaired) electrons. The minimum atomic E-state index is -3.91. The first-order valence-corrected chi connectivity index (χ1v) is 9.34. The van der Waals surface area contributed by atoms with Crippen LogP contribution < -0.4 is 10.0 Å². The average molecular weight is 389 g/mol. The van der Waals surface area contributed by atoms with Gasteiger partial charge >= 0.3 is 0 Å². The maximum Gasteiger partial charge on any atom is 0.273 e. The van der Waals surface area contributed by atoms with Gasteiger partial charge in [-0.3, -0.25) is 19.7 Å². The Balaban J connectivity index is 2.04. The largest absolute Gasteiger partial charge is 0.274 e. The molecule has 10 heteroatoms. The SMILES string of the molecule is CC1(c2ccccc2[N+](=O)[O-])CC(=O)N(c2ccc(S(N)(=O)=O)cc2)C1=O. The third kappa shape index (κ3) is 3.09. The van der Waals surface area contributed by atoms with Crippen molar-refractivity contribution in [2.45, 2.75) is 23.7 Å². The molecule has 0 spiro atoms. The van der Waals surface area contributed by atoms with E-state index in [-0.39, 0.29) is 28.3 Å². The fourth-order valence-electron chi connectivity index (χ4n) is 3.17. The summed E-state index contributed by atoms with van der Waals surface area (Å²) in [4.78, 5) is 37.0. The van der Waals surface area contributed by atoms with Gasteiger partial charge < -0.3 is 0 Å². The summed E-state index contributed by atoms with van der Waals surface area (Å²) < 4.78 is 22.7. The van der Waals surface area contributed by atoms with Crippen LogP contribution in [0, 0.1) is 10.1 Å². The van der Waals surface area contributed by atoms with Crippen molar-refractivity contribution in [1.29, 1.82) is 0 Å². The van der Waals surface area contributed by atoms with E-state index in [1.165, 1.54) is 49.4 Å². The lowest BCUT2D eigenvalue weighted by atomic mass is 9.80. The standard InChI is InChI=1S/C17H15N3O6S/c1-17(13-4-2-3-5-14(13)20(23)24)10-15(21)19(16(17)22)11-6-8-12(9-7-11)27(18,25)26/h2-9H,10H2,1H3,(H2,18,25,26). The zero-order chi connectivity index (χ0) is 20.0. The number of nitro groups is 1. The molecule has 1 unspecified atom stereocenters. The Labute approximate surface area is 154 Å². The Morgan fingerprint density at radius 3 is 2.26 bits per heavy atom. The maximum atomic E-state index is 13.0. The molecule has 0 aliphatic carbocycles. The predicted octanol–water partition coefficient (Wildman–Crippen LogP) is 1.46. The third-order valence-electron chi connectivity index (χ3n) is 4.55. The van der Waals surface area contributed by atoms with Gasteiger partial charge in [0.2, 0.25) is 21.8 Å². The first-order chi connectivity index (χ1) is 12.6. The Hall–Kier alpha value is -3.11. The number of sulfonamides is 1. The number of anilines is 1. The van der Waals surface area contributed by atoms with Crippen molar-refractivity contribution in [3.05, 3.63) is 64.2 Å². The number of hydrogen-bond acceptors (Lipinski definition) is 6. The molecule has 9 nitrogen and oxygen atoms in total. The second-order valence-corrected chi connectivity index (χ2v) is 7.92. The quantitative estimate of drug-likeness (QED) is 0.477. The number of imide groups is 1. The lowest BCUT2D eigenvalue weighted by Gasteiger charge is -2.22. The van der Waals surface area contributed by atoms with Gasteiger partial charge in [-0.1, -0.05) is 18.2 Å². The summed E-state index contributed by atoms with van der Waals surface area (Å²) in [5.74, 6) is -1.16. The lowest BCUT2D eigenvalue weighted by Crippen LogP contribution is -2.37. The average Bonchev–Trinajstić information content (AvgIpc) is 2.84. The summed E-state index contributed by atoms with van der Waals surface area (Å²) in [6.45, 7) is 1.48. The normalized spacial score (nSPS) is 20.1. The van der Waals surface area contributed by atoms with E-state index in [0.717, 1.165) is 4.90 Å². The molecule has 1 aliphatic rings. The van der Waals surface area contributed by atoms with E-state index < -0.39 is 32.2 Å². The van der Waals surface area contributed by atoms with Crippen LogP contribution in [0.1, 0.15) is 18.9 Å². The van der Waals surface area contributed by atoms with Crippen LogP contribution in [0.2, 0.25) is 0 Å². The van der Waals surface area contributed by atoms with Crippen molar-refractivity contribution >= 4 is 33.2 Å². The monoisotopic (exact) mass is 389 g/mol. The van der Waals surface area contributed by atoms with Crippen LogP contribution in [-0.2, 0) is 25.0 Å². The molecule has 27 heavy (non-hydrogen) atoms. The molecule has 1 atom stereocenters. The second-order valence-electron chi connectivity index (χ2n) is 6.36. The zero-order valence-electron chi connectivity index (χ0n) is 14.2. The van der Waals surface area contributed by atoms with Crippen LogP contribution in [0.15, 0.2) is 53.4 Å². The van der Waals surface area contributed by atoms with Gasteiger partial charge in [-0.2, -0.15) is 0 Å². The fourth-order valence-corrected chi connectivity index (χ4v) is 3.69. The highest BCUT2D eigenvalue weighted by Gasteiger charge is 2.52. The first kappa shape index (κ1) is 18.7. The minimum absolute atomic E-state index is 0.150. The van der Waals surface area contributed by atoms with Crippen molar-refractivity contribution < 1.29 is 22.9 Å². The molecule has 2 aromatic rings. The number of nitrogens with zero attached hydrogens (tertiary/aromatic N) is 2. The number of hydrogen-bond donors (Lipinski definition) is 1. The molecule has 140 valence electrons. The van der Waals surface area contributed by atoms with Gasteiger partial charge in [0, 0.05) is 18.1 Å². The zero-order valence-corrected chi connectivity index (χ0v) is 15.0. The molecular formula is C17H15N3O6S. The molecule has 1 heterocycles. The lowest BCUT2D eigenvalue weighted by molar-refractivity contribution is -0.385. The highest BCUT2D eigenvalue weighted by Crippen LogP contribution is 2.42. The van der Waals surface area contributed by atoms with Crippen LogP contribution in [0.4, 0.5) is 11.4 Å². The van der Waals surface area contributed by atoms with E-state index in [4.69, 9.17) is 5.14 Å².